The van der Waals surface area contributed by atoms with Gasteiger partial charge in [-0.05, 0) is 30.0 Å². The van der Waals surface area contributed by atoms with Crippen LogP contribution >= 0.6 is 23.1 Å². The van der Waals surface area contributed by atoms with Gasteiger partial charge < -0.3 is 10.6 Å². The number of amides is 1. The van der Waals surface area contributed by atoms with Crippen molar-refractivity contribution in [2.24, 2.45) is 0 Å². The van der Waals surface area contributed by atoms with Crippen molar-refractivity contribution in [2.45, 2.75) is 38.0 Å². The summed E-state index contributed by atoms with van der Waals surface area (Å²) in [5.74, 6) is 1.31. The Hall–Kier alpha value is -0.520. The molecule has 0 spiro atoms. The average molecular weight is 284 g/mol. The molecule has 0 radical (unpaired) electrons. The van der Waals surface area contributed by atoms with Crippen LogP contribution in [-0.4, -0.2) is 23.5 Å². The number of thioether (sulfide) groups is 1. The quantitative estimate of drug-likeness (QED) is 0.873. The Kier molecular flexibility index (Phi) is 5.53. The van der Waals surface area contributed by atoms with E-state index in [1.165, 1.54) is 29.9 Å². The first kappa shape index (κ1) is 13.9. The summed E-state index contributed by atoms with van der Waals surface area (Å²) in [6, 6.07) is 1.97. The summed E-state index contributed by atoms with van der Waals surface area (Å²) < 4.78 is 0. The molecule has 0 aromatic carbocycles. The third kappa shape index (κ3) is 4.30. The summed E-state index contributed by atoms with van der Waals surface area (Å²) in [6.45, 7) is 3.47. The highest BCUT2D eigenvalue weighted by atomic mass is 32.2. The van der Waals surface area contributed by atoms with Crippen molar-refractivity contribution in [3.63, 3.8) is 0 Å². The maximum atomic E-state index is 11.1. The van der Waals surface area contributed by atoms with Gasteiger partial charge in [0.05, 0.1) is 5.69 Å². The maximum Gasteiger partial charge on any atom is 0.221 e. The van der Waals surface area contributed by atoms with Gasteiger partial charge in [-0.15, -0.1) is 11.3 Å². The second kappa shape index (κ2) is 7.16. The fourth-order valence-electron chi connectivity index (χ4n) is 2.09. The molecule has 1 aliphatic rings. The molecule has 1 aliphatic heterocycles. The van der Waals surface area contributed by atoms with E-state index in [1.54, 1.807) is 18.3 Å². The molecule has 1 aromatic heterocycles. The van der Waals surface area contributed by atoms with Gasteiger partial charge in [0.15, 0.2) is 0 Å². The third-order valence-corrected chi connectivity index (χ3v) is 5.31. The van der Waals surface area contributed by atoms with Gasteiger partial charge in [0.2, 0.25) is 5.91 Å². The molecule has 18 heavy (non-hydrogen) atoms. The summed E-state index contributed by atoms with van der Waals surface area (Å²) >= 11 is 3.78. The lowest BCUT2D eigenvalue weighted by Gasteiger charge is -2.21. The largest absolute Gasteiger partial charge is 0.325 e. The first-order chi connectivity index (χ1) is 8.75. The van der Waals surface area contributed by atoms with E-state index >= 15 is 0 Å². The van der Waals surface area contributed by atoms with Crippen LogP contribution in [0.5, 0.6) is 0 Å². The van der Waals surface area contributed by atoms with Crippen molar-refractivity contribution in [2.75, 3.05) is 17.6 Å². The number of thiophene rings is 1. The zero-order chi connectivity index (χ0) is 12.8. The molecule has 100 valence electrons. The number of hydrogen-bond acceptors (Lipinski definition) is 4. The van der Waals surface area contributed by atoms with Crippen molar-refractivity contribution in [1.29, 1.82) is 0 Å². The second-order valence-corrected chi connectivity index (χ2v) is 6.97. The van der Waals surface area contributed by atoms with Crippen molar-refractivity contribution >= 4 is 34.7 Å². The van der Waals surface area contributed by atoms with Crippen molar-refractivity contribution < 1.29 is 4.79 Å². The number of hydrogen-bond donors (Lipinski definition) is 2. The summed E-state index contributed by atoms with van der Waals surface area (Å²) in [4.78, 5) is 12.3. The fraction of sp³-hybridized carbons (Fsp3) is 0.615. The Bertz CT molecular complexity index is 386. The molecule has 2 heterocycles. The van der Waals surface area contributed by atoms with Crippen LogP contribution in [0.3, 0.4) is 0 Å². The Balaban J connectivity index is 1.75. The predicted octanol–water partition coefficient (Wildman–Crippen LogP) is 3.08. The molecule has 5 heteroatoms. The molecule has 2 rings (SSSR count). The van der Waals surface area contributed by atoms with E-state index in [0.29, 0.717) is 0 Å². The highest BCUT2D eigenvalue weighted by Crippen LogP contribution is 2.25. The zero-order valence-electron chi connectivity index (χ0n) is 10.7. The van der Waals surface area contributed by atoms with Crippen LogP contribution in [-0.2, 0) is 11.3 Å². The molecule has 1 atom stereocenters. The lowest BCUT2D eigenvalue weighted by molar-refractivity contribution is -0.114. The van der Waals surface area contributed by atoms with Crippen LogP contribution in [0.25, 0.3) is 0 Å². The van der Waals surface area contributed by atoms with Gasteiger partial charge in [0.25, 0.3) is 0 Å². The van der Waals surface area contributed by atoms with E-state index in [0.717, 1.165) is 24.0 Å². The van der Waals surface area contributed by atoms with Gasteiger partial charge in [-0.2, -0.15) is 11.8 Å². The van der Waals surface area contributed by atoms with Crippen LogP contribution in [0, 0.1) is 0 Å². The molecule has 1 aromatic rings. The molecule has 1 saturated heterocycles. The molecule has 0 aliphatic carbocycles. The predicted molar refractivity (Wildman–Crippen MR) is 80.4 cm³/mol. The maximum absolute atomic E-state index is 11.1. The van der Waals surface area contributed by atoms with Crippen molar-refractivity contribution in [3.05, 3.63) is 16.3 Å². The van der Waals surface area contributed by atoms with Gasteiger partial charge in [-0.3, -0.25) is 4.79 Å². The Morgan fingerprint density at radius 2 is 2.39 bits per heavy atom. The zero-order valence-corrected chi connectivity index (χ0v) is 12.3. The Morgan fingerprint density at radius 1 is 1.50 bits per heavy atom. The second-order valence-electron chi connectivity index (χ2n) is 4.56. The SMILES string of the molecule is CC(=O)Nc1ccsc1CNCC1CCCCS1. The summed E-state index contributed by atoms with van der Waals surface area (Å²) in [7, 11) is 0. The molecule has 3 nitrogen and oxygen atoms in total. The number of rotatable bonds is 5. The summed E-state index contributed by atoms with van der Waals surface area (Å²) in [5, 5.41) is 9.17. The minimum Gasteiger partial charge on any atom is -0.325 e. The van der Waals surface area contributed by atoms with E-state index in [-0.39, 0.29) is 5.91 Å². The molecule has 1 fully saturated rings. The van der Waals surface area contributed by atoms with Gasteiger partial charge in [0, 0.05) is 30.1 Å². The standard InChI is InChI=1S/C13H20N2OS2/c1-10(16)15-12-5-7-18-13(12)9-14-8-11-4-2-3-6-17-11/h5,7,11,14H,2-4,6,8-9H2,1H3,(H,15,16). The van der Waals surface area contributed by atoms with E-state index in [4.69, 9.17) is 0 Å². The average Bonchev–Trinajstić information content (AvgIpc) is 2.77. The minimum absolute atomic E-state index is 0.00233. The number of carbonyl (C=O) groups excluding carboxylic acids is 1. The highest BCUT2D eigenvalue weighted by Gasteiger charge is 2.13. The lowest BCUT2D eigenvalue weighted by Crippen LogP contribution is -2.26. The van der Waals surface area contributed by atoms with Gasteiger partial charge in [-0.25, -0.2) is 0 Å². The number of nitrogens with one attached hydrogen (secondary N) is 2. The normalized spacial score (nSPS) is 19.7. The molecule has 1 amide bonds. The molecular weight excluding hydrogens is 264 g/mol. The monoisotopic (exact) mass is 284 g/mol. The molecule has 0 saturated carbocycles. The number of carbonyl (C=O) groups is 1. The topological polar surface area (TPSA) is 41.1 Å². The van der Waals surface area contributed by atoms with Crippen LogP contribution < -0.4 is 10.6 Å². The van der Waals surface area contributed by atoms with Gasteiger partial charge in [0.1, 0.15) is 0 Å². The highest BCUT2D eigenvalue weighted by molar-refractivity contribution is 7.99. The Labute approximate surface area is 117 Å². The molecule has 1 unspecified atom stereocenters. The molecule has 0 bridgehead atoms. The smallest absolute Gasteiger partial charge is 0.221 e. The van der Waals surface area contributed by atoms with Gasteiger partial charge >= 0.3 is 0 Å². The van der Waals surface area contributed by atoms with Crippen LogP contribution in [0.15, 0.2) is 11.4 Å². The molecular formula is C13H20N2OS2. The summed E-state index contributed by atoms with van der Waals surface area (Å²) in [5.41, 5.74) is 0.955. The minimum atomic E-state index is -0.00233. The van der Waals surface area contributed by atoms with E-state index in [1.807, 2.05) is 11.4 Å². The van der Waals surface area contributed by atoms with E-state index in [9.17, 15) is 4.79 Å². The van der Waals surface area contributed by atoms with Gasteiger partial charge in [-0.1, -0.05) is 6.42 Å². The van der Waals surface area contributed by atoms with Crippen LogP contribution in [0.4, 0.5) is 5.69 Å². The fourth-order valence-corrected chi connectivity index (χ4v) is 4.17. The van der Waals surface area contributed by atoms with Crippen LogP contribution in [0.1, 0.15) is 31.1 Å². The number of anilines is 1. The third-order valence-electron chi connectivity index (χ3n) is 2.99. The van der Waals surface area contributed by atoms with Crippen LogP contribution in [0.2, 0.25) is 0 Å². The summed E-state index contributed by atoms with van der Waals surface area (Å²) in [6.07, 6.45) is 4.08. The first-order valence-electron chi connectivity index (χ1n) is 6.42. The first-order valence-corrected chi connectivity index (χ1v) is 8.35. The van der Waals surface area contributed by atoms with Crippen molar-refractivity contribution in [3.8, 4) is 0 Å². The Morgan fingerprint density at radius 3 is 3.11 bits per heavy atom. The van der Waals surface area contributed by atoms with Crippen molar-refractivity contribution in [1.82, 2.24) is 5.32 Å². The lowest BCUT2D eigenvalue weighted by atomic mass is 10.2. The van der Waals surface area contributed by atoms with E-state index < -0.39 is 0 Å². The molecule has 2 N–H and O–H groups in total. The van der Waals surface area contributed by atoms with E-state index in [2.05, 4.69) is 22.4 Å².